The van der Waals surface area contributed by atoms with Crippen molar-refractivity contribution in [2.45, 2.75) is 39.7 Å². The van der Waals surface area contributed by atoms with Crippen LogP contribution in [-0.4, -0.2) is 33.6 Å². The first-order valence-corrected chi connectivity index (χ1v) is 10.5. The number of aromatic amines is 1. The first-order valence-electron chi connectivity index (χ1n) is 8.53. The van der Waals surface area contributed by atoms with Crippen molar-refractivity contribution < 1.29 is 17.8 Å². The quantitative estimate of drug-likeness (QED) is 0.535. The summed E-state index contributed by atoms with van der Waals surface area (Å²) in [5.41, 5.74) is 2.40. The van der Waals surface area contributed by atoms with Crippen molar-refractivity contribution in [2.75, 3.05) is 19.8 Å². The molecule has 0 atom stereocenters. The second-order valence-corrected chi connectivity index (χ2v) is 8.22. The SMILES string of the molecule is CCO[Si](CCCc1[nH]c2ccccc2[n+]1C)(OCC)OCC. The number of imidazole rings is 1. The fourth-order valence-corrected chi connectivity index (χ4v) is 5.57. The Balaban J connectivity index is 2.04. The Kier molecular flexibility index (Phi) is 6.77. The topological polar surface area (TPSA) is 47.4 Å². The molecular formula is C17H29N2O3Si+. The van der Waals surface area contributed by atoms with Crippen molar-refractivity contribution in [2.24, 2.45) is 7.05 Å². The zero-order valence-corrected chi connectivity index (χ0v) is 15.7. The number of rotatable bonds is 10. The van der Waals surface area contributed by atoms with Gasteiger partial charge in [0.05, 0.1) is 7.05 Å². The fourth-order valence-electron chi connectivity index (χ4n) is 2.96. The highest BCUT2D eigenvalue weighted by Gasteiger charge is 2.39. The number of H-pyrrole nitrogens is 1. The van der Waals surface area contributed by atoms with Crippen LogP contribution in [0.4, 0.5) is 0 Å². The molecule has 0 fully saturated rings. The summed E-state index contributed by atoms with van der Waals surface area (Å²) in [4.78, 5) is 3.50. The van der Waals surface area contributed by atoms with E-state index in [1.54, 1.807) is 0 Å². The number of aryl methyl sites for hydroxylation is 2. The molecule has 0 bridgehead atoms. The van der Waals surface area contributed by atoms with Crippen LogP contribution in [0, 0.1) is 0 Å². The third-order valence-electron chi connectivity index (χ3n) is 3.94. The number of hydrogen-bond donors (Lipinski definition) is 1. The molecule has 23 heavy (non-hydrogen) atoms. The molecule has 1 aromatic heterocycles. The molecule has 128 valence electrons. The van der Waals surface area contributed by atoms with E-state index in [1.807, 2.05) is 20.8 Å². The highest BCUT2D eigenvalue weighted by Crippen LogP contribution is 2.19. The summed E-state index contributed by atoms with van der Waals surface area (Å²) in [5, 5.41) is 0. The van der Waals surface area contributed by atoms with E-state index in [4.69, 9.17) is 13.3 Å². The Morgan fingerprint density at radius 3 is 2.17 bits per heavy atom. The van der Waals surface area contributed by atoms with E-state index in [9.17, 15) is 0 Å². The summed E-state index contributed by atoms with van der Waals surface area (Å²) in [6, 6.07) is 9.21. The first-order chi connectivity index (χ1) is 11.2. The van der Waals surface area contributed by atoms with Crippen molar-refractivity contribution in [3.05, 3.63) is 30.1 Å². The van der Waals surface area contributed by atoms with Gasteiger partial charge in [-0.1, -0.05) is 12.1 Å². The number of nitrogens with one attached hydrogen (secondary N) is 1. The van der Waals surface area contributed by atoms with Gasteiger partial charge in [0.2, 0.25) is 0 Å². The largest absolute Gasteiger partial charge is 0.500 e. The first kappa shape index (κ1) is 18.1. The van der Waals surface area contributed by atoms with E-state index in [1.165, 1.54) is 16.9 Å². The summed E-state index contributed by atoms with van der Waals surface area (Å²) in [7, 11) is -0.425. The Hall–Kier alpha value is -1.21. The van der Waals surface area contributed by atoms with Gasteiger partial charge in [0.1, 0.15) is 0 Å². The molecule has 0 aliphatic rings. The van der Waals surface area contributed by atoms with E-state index in [0.717, 1.165) is 18.9 Å². The van der Waals surface area contributed by atoms with Gasteiger partial charge in [0.15, 0.2) is 11.0 Å². The highest BCUT2D eigenvalue weighted by molar-refractivity contribution is 6.60. The summed E-state index contributed by atoms with van der Waals surface area (Å²) >= 11 is 0. The standard InChI is InChI=1S/C17H28N2O3Si/c1-5-20-23(21-6-2,22-7-3)14-10-13-17-18-15-11-8-9-12-16(15)19(17)4/h8-9,11-12H,5-7,10,13-14H2,1-4H3/p+1. The van der Waals surface area contributed by atoms with Crippen molar-refractivity contribution in [3.8, 4) is 0 Å². The molecule has 2 aromatic rings. The van der Waals surface area contributed by atoms with Crippen LogP contribution in [-0.2, 0) is 26.7 Å². The van der Waals surface area contributed by atoms with Crippen LogP contribution < -0.4 is 4.57 Å². The molecule has 6 heteroatoms. The minimum atomic E-state index is -2.53. The number of hydrogen-bond acceptors (Lipinski definition) is 3. The van der Waals surface area contributed by atoms with Crippen LogP contribution in [0.25, 0.3) is 11.0 Å². The molecule has 0 amide bonds. The van der Waals surface area contributed by atoms with Crippen LogP contribution >= 0.6 is 0 Å². The smallest absolute Gasteiger partial charge is 0.374 e. The molecule has 2 rings (SSSR count). The van der Waals surface area contributed by atoms with E-state index in [-0.39, 0.29) is 0 Å². The maximum atomic E-state index is 5.91. The Bertz CT molecular complexity index is 598. The average Bonchev–Trinajstić information content (AvgIpc) is 2.85. The molecule has 5 nitrogen and oxygen atoms in total. The van der Waals surface area contributed by atoms with Gasteiger partial charge in [0.25, 0.3) is 5.82 Å². The third-order valence-corrected chi connectivity index (χ3v) is 7.09. The molecule has 0 radical (unpaired) electrons. The van der Waals surface area contributed by atoms with E-state index < -0.39 is 8.80 Å². The van der Waals surface area contributed by atoms with Gasteiger partial charge in [-0.25, -0.2) is 9.55 Å². The zero-order chi connectivity index (χ0) is 16.7. The van der Waals surface area contributed by atoms with Crippen LogP contribution in [0.3, 0.4) is 0 Å². The van der Waals surface area contributed by atoms with E-state index >= 15 is 0 Å². The van der Waals surface area contributed by atoms with E-state index in [0.29, 0.717) is 19.8 Å². The van der Waals surface area contributed by atoms with Crippen molar-refractivity contribution in [1.82, 2.24) is 4.98 Å². The number of fused-ring (bicyclic) bond motifs is 1. The van der Waals surface area contributed by atoms with Gasteiger partial charge in [-0.15, -0.1) is 0 Å². The van der Waals surface area contributed by atoms with Crippen LogP contribution in [0.1, 0.15) is 33.0 Å². The molecule has 0 spiro atoms. The Labute approximate surface area is 139 Å². The Morgan fingerprint density at radius 2 is 1.61 bits per heavy atom. The molecule has 0 aliphatic heterocycles. The second-order valence-electron chi connectivity index (χ2n) is 5.48. The van der Waals surface area contributed by atoms with Crippen molar-refractivity contribution in [1.29, 1.82) is 0 Å². The predicted octanol–water partition coefficient (Wildman–Crippen LogP) is 2.97. The summed E-state index contributed by atoms with van der Waals surface area (Å²) in [5.74, 6) is 1.22. The number of aromatic nitrogens is 2. The van der Waals surface area contributed by atoms with Crippen LogP contribution in [0.2, 0.25) is 6.04 Å². The van der Waals surface area contributed by atoms with Gasteiger partial charge >= 0.3 is 8.80 Å². The lowest BCUT2D eigenvalue weighted by molar-refractivity contribution is -0.652. The number of para-hydroxylation sites is 2. The van der Waals surface area contributed by atoms with Gasteiger partial charge < -0.3 is 13.3 Å². The molecule has 1 N–H and O–H groups in total. The van der Waals surface area contributed by atoms with Gasteiger partial charge in [-0.3, -0.25) is 0 Å². The minimum absolute atomic E-state index is 0.631. The monoisotopic (exact) mass is 337 g/mol. The molecule has 1 aromatic carbocycles. The normalized spacial score (nSPS) is 12.2. The second kappa shape index (κ2) is 8.59. The van der Waals surface area contributed by atoms with Crippen molar-refractivity contribution in [3.63, 3.8) is 0 Å². The lowest BCUT2D eigenvalue weighted by Crippen LogP contribution is -2.46. The third kappa shape index (κ3) is 4.41. The summed E-state index contributed by atoms with van der Waals surface area (Å²) in [6.45, 7) is 7.89. The lowest BCUT2D eigenvalue weighted by Gasteiger charge is -2.28. The average molecular weight is 338 g/mol. The fraction of sp³-hybridized carbons (Fsp3) is 0.588. The molecule has 0 saturated carbocycles. The van der Waals surface area contributed by atoms with Crippen LogP contribution in [0.15, 0.2) is 24.3 Å². The van der Waals surface area contributed by atoms with Crippen molar-refractivity contribution >= 4 is 19.8 Å². The van der Waals surface area contributed by atoms with Crippen LogP contribution in [0.5, 0.6) is 0 Å². The molecule has 1 heterocycles. The molecular weight excluding hydrogens is 308 g/mol. The Morgan fingerprint density at radius 1 is 1.00 bits per heavy atom. The van der Waals surface area contributed by atoms with Gasteiger partial charge in [-0.05, 0) is 39.3 Å². The maximum Gasteiger partial charge on any atom is 0.500 e. The lowest BCUT2D eigenvalue weighted by atomic mass is 10.3. The number of benzene rings is 1. The predicted molar refractivity (Wildman–Crippen MR) is 93.2 cm³/mol. The molecule has 0 unspecified atom stereocenters. The minimum Gasteiger partial charge on any atom is -0.374 e. The van der Waals surface area contributed by atoms with E-state index in [2.05, 4.69) is 40.9 Å². The highest BCUT2D eigenvalue weighted by atomic mass is 28.4. The number of nitrogens with zero attached hydrogens (tertiary/aromatic N) is 1. The summed E-state index contributed by atoms with van der Waals surface area (Å²) in [6.07, 6.45) is 1.93. The van der Waals surface area contributed by atoms with Gasteiger partial charge in [0, 0.05) is 32.3 Å². The zero-order valence-electron chi connectivity index (χ0n) is 14.7. The maximum absolute atomic E-state index is 5.91. The molecule has 0 saturated heterocycles. The molecule has 0 aliphatic carbocycles. The van der Waals surface area contributed by atoms with Gasteiger partial charge in [-0.2, -0.15) is 0 Å². The summed E-state index contributed by atoms with van der Waals surface area (Å²) < 4.78 is 20.0.